The van der Waals surface area contributed by atoms with Gasteiger partial charge in [0.15, 0.2) is 0 Å². The van der Waals surface area contributed by atoms with E-state index < -0.39 is 12.1 Å². The Morgan fingerprint density at radius 3 is 2.41 bits per heavy atom. The van der Waals surface area contributed by atoms with Crippen LogP contribution >= 0.6 is 0 Å². The van der Waals surface area contributed by atoms with Crippen LogP contribution in [0.3, 0.4) is 0 Å². The van der Waals surface area contributed by atoms with Crippen LogP contribution in [-0.4, -0.2) is 18.0 Å². The van der Waals surface area contributed by atoms with Crippen LogP contribution in [0, 0.1) is 19.8 Å². The lowest BCUT2D eigenvalue weighted by atomic mass is 9.98. The van der Waals surface area contributed by atoms with E-state index in [9.17, 15) is 9.59 Å². The van der Waals surface area contributed by atoms with Crippen LogP contribution in [0.4, 0.5) is 10.5 Å². The van der Waals surface area contributed by atoms with Crippen LogP contribution in [0.25, 0.3) is 0 Å². The molecule has 0 spiro atoms. The van der Waals surface area contributed by atoms with Gasteiger partial charge in [0.25, 0.3) is 0 Å². The molecular formula is C22H28N2O3. The van der Waals surface area contributed by atoms with Crippen molar-refractivity contribution < 1.29 is 14.3 Å². The van der Waals surface area contributed by atoms with Crippen LogP contribution in [-0.2, 0) is 16.1 Å². The summed E-state index contributed by atoms with van der Waals surface area (Å²) in [6, 6.07) is 14.6. The summed E-state index contributed by atoms with van der Waals surface area (Å²) in [5.41, 5.74) is 3.76. The molecule has 0 aromatic heterocycles. The number of rotatable bonds is 7. The molecule has 2 aromatic rings. The molecule has 144 valence electrons. The minimum absolute atomic E-state index is 0.0278. The molecule has 0 radical (unpaired) electrons. The Morgan fingerprint density at radius 1 is 1.07 bits per heavy atom. The molecule has 0 saturated carbocycles. The second-order valence-electron chi connectivity index (χ2n) is 6.88. The summed E-state index contributed by atoms with van der Waals surface area (Å²) in [7, 11) is 0. The van der Waals surface area contributed by atoms with Crippen molar-refractivity contribution in [1.82, 2.24) is 5.32 Å². The Balaban J connectivity index is 2.00. The van der Waals surface area contributed by atoms with E-state index in [0.29, 0.717) is 0 Å². The number of carbonyl (C=O) groups is 2. The lowest BCUT2D eigenvalue weighted by Gasteiger charge is -2.23. The normalized spacial score (nSPS) is 12.7. The van der Waals surface area contributed by atoms with Gasteiger partial charge in [0.1, 0.15) is 12.6 Å². The first-order valence-corrected chi connectivity index (χ1v) is 9.26. The summed E-state index contributed by atoms with van der Waals surface area (Å²) >= 11 is 0. The van der Waals surface area contributed by atoms with Crippen LogP contribution in [0.5, 0.6) is 0 Å². The number of anilines is 1. The molecule has 2 N–H and O–H groups in total. The smallest absolute Gasteiger partial charge is 0.408 e. The van der Waals surface area contributed by atoms with Gasteiger partial charge >= 0.3 is 6.09 Å². The van der Waals surface area contributed by atoms with Crippen LogP contribution in [0.15, 0.2) is 48.5 Å². The maximum atomic E-state index is 12.8. The maximum Gasteiger partial charge on any atom is 0.408 e. The summed E-state index contributed by atoms with van der Waals surface area (Å²) < 4.78 is 5.26. The van der Waals surface area contributed by atoms with E-state index in [1.807, 2.05) is 76.2 Å². The fraction of sp³-hybridized carbons (Fsp3) is 0.364. The minimum Gasteiger partial charge on any atom is -0.445 e. The molecule has 2 amide bonds. The summed E-state index contributed by atoms with van der Waals surface area (Å²) in [5.74, 6) is -0.270. The van der Waals surface area contributed by atoms with Gasteiger partial charge in [0.05, 0.1) is 0 Å². The highest BCUT2D eigenvalue weighted by atomic mass is 16.5. The van der Waals surface area contributed by atoms with Crippen molar-refractivity contribution in [1.29, 1.82) is 0 Å². The zero-order valence-electron chi connectivity index (χ0n) is 16.4. The molecule has 5 heteroatoms. The summed E-state index contributed by atoms with van der Waals surface area (Å²) in [6.07, 6.45) is 0.157. The second-order valence-corrected chi connectivity index (χ2v) is 6.88. The van der Waals surface area contributed by atoms with Gasteiger partial charge in [-0.15, -0.1) is 0 Å². The molecule has 0 unspecified atom stereocenters. The Hall–Kier alpha value is -2.82. The average Bonchev–Trinajstić information content (AvgIpc) is 2.66. The SMILES string of the molecule is CC[C@@H](C)[C@@H](NC(=O)OCc1ccccc1)C(=O)Nc1ccc(C)cc1C. The van der Waals surface area contributed by atoms with E-state index in [2.05, 4.69) is 10.6 Å². The highest BCUT2D eigenvalue weighted by molar-refractivity contribution is 5.97. The zero-order chi connectivity index (χ0) is 19.8. The minimum atomic E-state index is -0.668. The molecule has 2 rings (SSSR count). The molecule has 0 aliphatic carbocycles. The van der Waals surface area contributed by atoms with E-state index in [4.69, 9.17) is 4.74 Å². The number of nitrogens with one attached hydrogen (secondary N) is 2. The molecule has 2 atom stereocenters. The lowest BCUT2D eigenvalue weighted by Crippen LogP contribution is -2.47. The zero-order valence-corrected chi connectivity index (χ0v) is 16.4. The van der Waals surface area contributed by atoms with Crippen molar-refractivity contribution in [3.63, 3.8) is 0 Å². The molecule has 2 aromatic carbocycles. The third-order valence-electron chi connectivity index (χ3n) is 4.62. The molecule has 0 aliphatic heterocycles. The van der Waals surface area contributed by atoms with Crippen molar-refractivity contribution in [2.24, 2.45) is 5.92 Å². The number of hydrogen-bond donors (Lipinski definition) is 2. The Labute approximate surface area is 161 Å². The largest absolute Gasteiger partial charge is 0.445 e. The van der Waals surface area contributed by atoms with E-state index in [-0.39, 0.29) is 18.4 Å². The predicted molar refractivity (Wildman–Crippen MR) is 108 cm³/mol. The number of hydrogen-bond acceptors (Lipinski definition) is 3. The van der Waals surface area contributed by atoms with Gasteiger partial charge in [-0.3, -0.25) is 4.79 Å². The van der Waals surface area contributed by atoms with E-state index in [1.165, 1.54) is 0 Å². The van der Waals surface area contributed by atoms with Crippen LogP contribution in [0.1, 0.15) is 37.0 Å². The summed E-state index contributed by atoms with van der Waals surface area (Å²) in [5, 5.41) is 5.64. The van der Waals surface area contributed by atoms with E-state index in [0.717, 1.165) is 28.8 Å². The van der Waals surface area contributed by atoms with E-state index in [1.54, 1.807) is 0 Å². The number of alkyl carbamates (subject to hydrolysis) is 1. The van der Waals surface area contributed by atoms with Gasteiger partial charge in [-0.2, -0.15) is 0 Å². The molecule has 5 nitrogen and oxygen atoms in total. The number of ether oxygens (including phenoxy) is 1. The quantitative estimate of drug-likeness (QED) is 0.751. The van der Waals surface area contributed by atoms with Crippen LogP contribution < -0.4 is 10.6 Å². The molecule has 27 heavy (non-hydrogen) atoms. The van der Waals surface area contributed by atoms with Gasteiger partial charge in [-0.25, -0.2) is 4.79 Å². The van der Waals surface area contributed by atoms with Gasteiger partial charge in [-0.1, -0.05) is 68.3 Å². The molecule has 0 fully saturated rings. The first-order chi connectivity index (χ1) is 12.9. The van der Waals surface area contributed by atoms with Crippen molar-refractivity contribution in [3.8, 4) is 0 Å². The Bertz CT molecular complexity index is 774. The molecule has 0 heterocycles. The van der Waals surface area contributed by atoms with Crippen molar-refractivity contribution in [3.05, 3.63) is 65.2 Å². The number of aryl methyl sites for hydroxylation is 2. The first kappa shape index (κ1) is 20.5. The topological polar surface area (TPSA) is 67.4 Å². The maximum absolute atomic E-state index is 12.8. The van der Waals surface area contributed by atoms with E-state index >= 15 is 0 Å². The monoisotopic (exact) mass is 368 g/mol. The third-order valence-corrected chi connectivity index (χ3v) is 4.62. The van der Waals surface area contributed by atoms with Gasteiger partial charge in [-0.05, 0) is 37.0 Å². The number of amides is 2. The third kappa shape index (κ3) is 6.13. The number of benzene rings is 2. The fourth-order valence-electron chi connectivity index (χ4n) is 2.76. The standard InChI is InChI=1S/C22H28N2O3/c1-5-16(3)20(21(25)23-19-12-11-15(2)13-17(19)4)24-22(26)27-14-18-9-7-6-8-10-18/h6-13,16,20H,5,14H2,1-4H3,(H,23,25)(H,24,26)/t16-,20-/m1/s1. The summed E-state index contributed by atoms with van der Waals surface area (Å²) in [4.78, 5) is 25.0. The van der Waals surface area contributed by atoms with Crippen molar-refractivity contribution >= 4 is 17.7 Å². The van der Waals surface area contributed by atoms with Gasteiger partial charge in [0, 0.05) is 5.69 Å². The van der Waals surface area contributed by atoms with Gasteiger partial charge < -0.3 is 15.4 Å². The predicted octanol–water partition coefficient (Wildman–Crippen LogP) is 4.58. The Morgan fingerprint density at radius 2 is 1.78 bits per heavy atom. The first-order valence-electron chi connectivity index (χ1n) is 9.26. The number of carbonyl (C=O) groups excluding carboxylic acids is 2. The highest BCUT2D eigenvalue weighted by Gasteiger charge is 2.27. The van der Waals surface area contributed by atoms with Crippen molar-refractivity contribution in [2.45, 2.75) is 46.8 Å². The lowest BCUT2D eigenvalue weighted by molar-refractivity contribution is -0.119. The second kappa shape index (κ2) is 9.76. The summed E-state index contributed by atoms with van der Waals surface area (Å²) in [6.45, 7) is 8.04. The molecule has 0 saturated heterocycles. The average molecular weight is 368 g/mol. The molecule has 0 bridgehead atoms. The van der Waals surface area contributed by atoms with Gasteiger partial charge in [0.2, 0.25) is 5.91 Å². The fourth-order valence-corrected chi connectivity index (χ4v) is 2.76. The molecular weight excluding hydrogens is 340 g/mol. The van der Waals surface area contributed by atoms with Crippen molar-refractivity contribution in [2.75, 3.05) is 5.32 Å². The Kier molecular flexibility index (Phi) is 7.41. The molecule has 0 aliphatic rings. The van der Waals surface area contributed by atoms with Crippen LogP contribution in [0.2, 0.25) is 0 Å². The highest BCUT2D eigenvalue weighted by Crippen LogP contribution is 2.18.